The van der Waals surface area contributed by atoms with Gasteiger partial charge in [0.15, 0.2) is 0 Å². The van der Waals surface area contributed by atoms with E-state index in [1.807, 2.05) is 24.9 Å². The van der Waals surface area contributed by atoms with Crippen molar-refractivity contribution in [3.63, 3.8) is 0 Å². The average molecular weight is 439 g/mol. The first-order valence-electron chi connectivity index (χ1n) is 11.5. The van der Waals surface area contributed by atoms with Crippen molar-refractivity contribution in [1.82, 2.24) is 10.4 Å². The number of likely N-dealkylation sites (N-methyl/N-ethyl adjacent to an activating group) is 1. The molecule has 0 atom stereocenters. The zero-order chi connectivity index (χ0) is 22.7. The topological polar surface area (TPSA) is 79.0 Å². The number of aromatic nitrogens is 1. The number of carbonyl (C=O) groups is 1. The number of H-pyrrole nitrogens is 1. The summed E-state index contributed by atoms with van der Waals surface area (Å²) < 4.78 is 10.8. The molecule has 0 spiro atoms. The van der Waals surface area contributed by atoms with Crippen LogP contribution in [-0.4, -0.2) is 50.6 Å². The van der Waals surface area contributed by atoms with Crippen molar-refractivity contribution in [2.45, 2.75) is 51.4 Å². The molecule has 1 aromatic heterocycles. The van der Waals surface area contributed by atoms with Crippen molar-refractivity contribution in [3.8, 4) is 0 Å². The van der Waals surface area contributed by atoms with Gasteiger partial charge in [0.1, 0.15) is 0 Å². The van der Waals surface area contributed by atoms with Crippen LogP contribution >= 0.6 is 0 Å². The number of methoxy groups -OCH3 is 2. The van der Waals surface area contributed by atoms with Crippen LogP contribution in [0.3, 0.4) is 0 Å². The van der Waals surface area contributed by atoms with Gasteiger partial charge in [0, 0.05) is 56.8 Å². The molecule has 0 bridgehead atoms. The zero-order valence-electron chi connectivity index (χ0n) is 19.6. The lowest BCUT2D eigenvalue weighted by Gasteiger charge is -2.28. The highest BCUT2D eigenvalue weighted by Gasteiger charge is 2.50. The minimum Gasteiger partial charge on any atom is -0.385 e. The van der Waals surface area contributed by atoms with Crippen LogP contribution in [-0.2, 0) is 26.1 Å². The summed E-state index contributed by atoms with van der Waals surface area (Å²) in [5, 5.41) is 5.68. The van der Waals surface area contributed by atoms with E-state index in [4.69, 9.17) is 9.47 Å². The fourth-order valence-corrected chi connectivity index (χ4v) is 5.14. The van der Waals surface area contributed by atoms with Crippen LogP contribution in [0.5, 0.6) is 0 Å². The highest BCUT2D eigenvalue weighted by Crippen LogP contribution is 2.48. The monoisotopic (exact) mass is 438 g/mol. The molecule has 7 heteroatoms. The van der Waals surface area contributed by atoms with Gasteiger partial charge >= 0.3 is 0 Å². The Balaban J connectivity index is 1.91. The summed E-state index contributed by atoms with van der Waals surface area (Å²) >= 11 is 0. The summed E-state index contributed by atoms with van der Waals surface area (Å²) in [4.78, 5) is 19.3. The lowest BCUT2D eigenvalue weighted by molar-refractivity contribution is -0.124. The molecular weight excluding hydrogens is 404 g/mol. The molecule has 2 aliphatic rings. The Bertz CT molecular complexity index is 1050. The molecule has 2 aromatic rings. The number of ether oxygens (including phenoxy) is 2. The molecule has 1 aromatic carbocycles. The maximum atomic E-state index is 13.7. The van der Waals surface area contributed by atoms with Crippen LogP contribution in [0.4, 0.5) is 5.69 Å². The van der Waals surface area contributed by atoms with Gasteiger partial charge in [0.2, 0.25) is 5.91 Å². The first-order chi connectivity index (χ1) is 15.6. The SMILES string of the molecule is CCN1C(=O)C(CCOC)(CCOC)c2cc3[nH]c4c(c3cc21)CCC/C=C/N/N=C/4C. The Hall–Kier alpha value is -2.64. The Kier molecular flexibility index (Phi) is 6.67. The summed E-state index contributed by atoms with van der Waals surface area (Å²) in [6.45, 7) is 5.75. The van der Waals surface area contributed by atoms with Gasteiger partial charge in [0.25, 0.3) is 0 Å². The summed E-state index contributed by atoms with van der Waals surface area (Å²) in [5.74, 6) is 0.153. The molecule has 3 heterocycles. The Morgan fingerprint density at radius 1 is 1.19 bits per heavy atom. The molecule has 172 valence electrons. The lowest BCUT2D eigenvalue weighted by atomic mass is 9.76. The Morgan fingerprint density at radius 2 is 1.94 bits per heavy atom. The summed E-state index contributed by atoms with van der Waals surface area (Å²) in [7, 11) is 3.37. The summed E-state index contributed by atoms with van der Waals surface area (Å²) in [5.41, 5.74) is 8.81. The predicted molar refractivity (Wildman–Crippen MR) is 128 cm³/mol. The van der Waals surface area contributed by atoms with E-state index in [1.165, 1.54) is 10.9 Å². The molecule has 0 radical (unpaired) electrons. The van der Waals surface area contributed by atoms with Crippen molar-refractivity contribution < 1.29 is 14.3 Å². The molecule has 7 nitrogen and oxygen atoms in total. The van der Waals surface area contributed by atoms with E-state index >= 15 is 0 Å². The molecule has 4 rings (SSSR count). The van der Waals surface area contributed by atoms with Gasteiger partial charge in [-0.15, -0.1) is 0 Å². The Labute approximate surface area is 189 Å². The normalized spacial score (nSPS) is 20.4. The van der Waals surface area contributed by atoms with Crippen molar-refractivity contribution in [1.29, 1.82) is 0 Å². The third kappa shape index (κ3) is 3.73. The van der Waals surface area contributed by atoms with Gasteiger partial charge in [-0.3, -0.25) is 10.2 Å². The summed E-state index contributed by atoms with van der Waals surface area (Å²) in [6.07, 6.45) is 8.31. The van der Waals surface area contributed by atoms with E-state index in [0.717, 1.165) is 47.4 Å². The standard InChI is InChI=1S/C25H34N4O3/c1-5-29-22-15-19-18-9-7-6-8-12-26-28-17(2)23(18)27-21(19)16-20(22)25(24(29)30,10-13-31-3)11-14-32-4/h8,12,15-16,26-27H,5-7,9-11,13-14H2,1-4H3/b12-8+,28-17+. The van der Waals surface area contributed by atoms with E-state index in [-0.39, 0.29) is 5.91 Å². The number of nitrogens with zero attached hydrogens (tertiary/aromatic N) is 2. The van der Waals surface area contributed by atoms with Crippen LogP contribution in [0.25, 0.3) is 10.9 Å². The van der Waals surface area contributed by atoms with E-state index in [9.17, 15) is 4.79 Å². The first-order valence-corrected chi connectivity index (χ1v) is 11.5. The fraction of sp³-hybridized carbons (Fsp3) is 0.520. The molecule has 0 saturated carbocycles. The molecule has 0 saturated heterocycles. The van der Waals surface area contributed by atoms with Gasteiger partial charge in [0.05, 0.1) is 16.8 Å². The van der Waals surface area contributed by atoms with Crippen LogP contribution in [0, 0.1) is 0 Å². The van der Waals surface area contributed by atoms with Gasteiger partial charge in [-0.1, -0.05) is 6.08 Å². The number of allylic oxidation sites excluding steroid dienone is 1. The number of benzene rings is 1. The molecule has 1 amide bonds. The van der Waals surface area contributed by atoms with Gasteiger partial charge in [-0.25, -0.2) is 0 Å². The molecular formula is C25H34N4O3. The van der Waals surface area contributed by atoms with Crippen molar-refractivity contribution in [3.05, 3.63) is 41.2 Å². The molecule has 2 N–H and O–H groups in total. The van der Waals surface area contributed by atoms with E-state index < -0.39 is 5.41 Å². The number of rotatable bonds is 7. The van der Waals surface area contributed by atoms with E-state index in [2.05, 4.69) is 33.7 Å². The van der Waals surface area contributed by atoms with Crippen LogP contribution in [0.15, 0.2) is 29.5 Å². The minimum atomic E-state index is -0.630. The smallest absolute Gasteiger partial charge is 0.237 e. The van der Waals surface area contributed by atoms with E-state index in [1.54, 1.807) is 14.2 Å². The van der Waals surface area contributed by atoms with Gasteiger partial charge < -0.3 is 19.4 Å². The Morgan fingerprint density at radius 3 is 2.62 bits per heavy atom. The third-order valence-corrected chi connectivity index (χ3v) is 6.85. The second-order valence-electron chi connectivity index (χ2n) is 8.63. The molecule has 0 aliphatic carbocycles. The number of aryl methyl sites for hydroxylation is 1. The number of hydrazone groups is 1. The van der Waals surface area contributed by atoms with Crippen LogP contribution in [0.2, 0.25) is 0 Å². The molecule has 32 heavy (non-hydrogen) atoms. The van der Waals surface area contributed by atoms with Crippen molar-refractivity contribution in [2.24, 2.45) is 5.10 Å². The van der Waals surface area contributed by atoms with E-state index in [0.29, 0.717) is 32.6 Å². The molecule has 0 fully saturated rings. The second kappa shape index (κ2) is 9.46. The maximum Gasteiger partial charge on any atom is 0.237 e. The number of anilines is 1. The number of amides is 1. The average Bonchev–Trinajstić information content (AvgIpc) is 3.26. The summed E-state index contributed by atoms with van der Waals surface area (Å²) in [6, 6.07) is 4.40. The number of hydrogen-bond donors (Lipinski definition) is 2. The molecule has 0 unspecified atom stereocenters. The first kappa shape index (κ1) is 22.6. The van der Waals surface area contributed by atoms with Crippen LogP contribution < -0.4 is 10.3 Å². The van der Waals surface area contributed by atoms with Gasteiger partial charge in [-0.2, -0.15) is 5.10 Å². The third-order valence-electron chi connectivity index (χ3n) is 6.85. The number of fused-ring (bicyclic) bond motifs is 4. The zero-order valence-corrected chi connectivity index (χ0v) is 19.6. The highest BCUT2D eigenvalue weighted by atomic mass is 16.5. The van der Waals surface area contributed by atoms with Gasteiger partial charge in [-0.05, 0) is 69.2 Å². The predicted octanol–water partition coefficient (Wildman–Crippen LogP) is 4.01. The number of carbonyl (C=O) groups excluding carboxylic acids is 1. The largest absolute Gasteiger partial charge is 0.385 e. The second-order valence-corrected chi connectivity index (χ2v) is 8.63. The quantitative estimate of drug-likeness (QED) is 0.685. The number of aromatic amines is 1. The lowest BCUT2D eigenvalue weighted by Crippen LogP contribution is -2.42. The number of nitrogens with one attached hydrogen (secondary N) is 2. The fourth-order valence-electron chi connectivity index (χ4n) is 5.14. The number of hydrogen-bond acceptors (Lipinski definition) is 5. The highest BCUT2D eigenvalue weighted by molar-refractivity contribution is 6.12. The van der Waals surface area contributed by atoms with Crippen molar-refractivity contribution in [2.75, 3.05) is 38.9 Å². The minimum absolute atomic E-state index is 0.153. The van der Waals surface area contributed by atoms with Crippen LogP contribution in [0.1, 0.15) is 56.4 Å². The maximum absolute atomic E-state index is 13.7. The molecule has 2 aliphatic heterocycles. The van der Waals surface area contributed by atoms with Crippen molar-refractivity contribution >= 4 is 28.2 Å².